The van der Waals surface area contributed by atoms with Gasteiger partial charge in [0.05, 0.1) is 0 Å². The van der Waals surface area contributed by atoms with Crippen molar-refractivity contribution in [3.63, 3.8) is 0 Å². The van der Waals surface area contributed by atoms with Gasteiger partial charge in [0.25, 0.3) is 0 Å². The van der Waals surface area contributed by atoms with Crippen LogP contribution in [0, 0.1) is 5.92 Å². The van der Waals surface area contributed by atoms with Gasteiger partial charge in [0.15, 0.2) is 0 Å². The van der Waals surface area contributed by atoms with Crippen molar-refractivity contribution in [3.8, 4) is 0 Å². The molecule has 2 rings (SSSR count). The number of carbonyl (C=O) groups is 2. The number of piperidine rings is 1. The van der Waals surface area contributed by atoms with Gasteiger partial charge in [-0.15, -0.1) is 0 Å². The molecule has 4 nitrogen and oxygen atoms in total. The molecular formula is C14H23NO3S. The number of amides is 1. The number of carboxylic acids is 1. The lowest BCUT2D eigenvalue weighted by Crippen LogP contribution is -2.57. The highest BCUT2D eigenvalue weighted by Gasteiger charge is 2.43. The van der Waals surface area contributed by atoms with E-state index in [0.717, 1.165) is 37.2 Å². The van der Waals surface area contributed by atoms with Crippen molar-refractivity contribution in [2.24, 2.45) is 5.92 Å². The summed E-state index contributed by atoms with van der Waals surface area (Å²) in [5.74, 6) is 1.90. The van der Waals surface area contributed by atoms with Crippen LogP contribution in [0.3, 0.4) is 0 Å². The van der Waals surface area contributed by atoms with Crippen molar-refractivity contribution >= 4 is 23.6 Å². The lowest BCUT2D eigenvalue weighted by molar-refractivity contribution is -0.161. The Hall–Kier alpha value is -0.710. The maximum atomic E-state index is 12.4. The summed E-state index contributed by atoms with van der Waals surface area (Å²) in [5, 5.41) is 9.43. The summed E-state index contributed by atoms with van der Waals surface area (Å²) in [6.07, 6.45) is 5.11. The van der Waals surface area contributed by atoms with Gasteiger partial charge in [0.1, 0.15) is 5.54 Å². The summed E-state index contributed by atoms with van der Waals surface area (Å²) < 4.78 is 0. The molecule has 2 saturated heterocycles. The molecule has 2 aliphatic rings. The van der Waals surface area contributed by atoms with E-state index in [1.807, 2.05) is 11.8 Å². The molecule has 0 radical (unpaired) electrons. The highest BCUT2D eigenvalue weighted by atomic mass is 32.2. The van der Waals surface area contributed by atoms with Gasteiger partial charge in [-0.05, 0) is 56.5 Å². The molecule has 0 aromatic carbocycles. The van der Waals surface area contributed by atoms with Crippen LogP contribution in [-0.2, 0) is 9.59 Å². The number of carboxylic acid groups (broad SMARTS) is 1. The lowest BCUT2D eigenvalue weighted by Gasteiger charge is -2.42. The molecule has 0 saturated carbocycles. The largest absolute Gasteiger partial charge is 0.480 e. The van der Waals surface area contributed by atoms with Gasteiger partial charge in [-0.1, -0.05) is 0 Å². The molecule has 0 bridgehead atoms. The molecule has 0 aromatic rings. The first-order chi connectivity index (χ1) is 9.04. The number of thioether (sulfide) groups is 1. The van der Waals surface area contributed by atoms with Crippen molar-refractivity contribution in [2.75, 3.05) is 18.1 Å². The van der Waals surface area contributed by atoms with Crippen LogP contribution in [0.15, 0.2) is 0 Å². The van der Waals surface area contributed by atoms with Gasteiger partial charge < -0.3 is 10.0 Å². The molecule has 1 N–H and O–H groups in total. The van der Waals surface area contributed by atoms with Crippen LogP contribution in [0.1, 0.15) is 45.4 Å². The van der Waals surface area contributed by atoms with Crippen LogP contribution in [0.2, 0.25) is 0 Å². The number of likely N-dealkylation sites (tertiary alicyclic amines) is 1. The third kappa shape index (κ3) is 3.25. The Labute approximate surface area is 118 Å². The Morgan fingerprint density at radius 2 is 2.00 bits per heavy atom. The molecule has 1 amide bonds. The van der Waals surface area contributed by atoms with Crippen molar-refractivity contribution in [2.45, 2.75) is 51.0 Å². The molecule has 1 unspecified atom stereocenters. The Morgan fingerprint density at radius 3 is 2.63 bits per heavy atom. The van der Waals surface area contributed by atoms with Crippen LogP contribution in [-0.4, -0.2) is 45.5 Å². The van der Waals surface area contributed by atoms with Crippen LogP contribution in [0.5, 0.6) is 0 Å². The Balaban J connectivity index is 2.01. The predicted molar refractivity (Wildman–Crippen MR) is 76.3 cm³/mol. The van der Waals surface area contributed by atoms with Crippen LogP contribution < -0.4 is 0 Å². The fourth-order valence-electron chi connectivity index (χ4n) is 3.05. The fourth-order valence-corrected chi connectivity index (χ4v) is 4.25. The minimum atomic E-state index is -0.987. The van der Waals surface area contributed by atoms with E-state index in [-0.39, 0.29) is 5.91 Å². The quantitative estimate of drug-likeness (QED) is 0.865. The molecule has 2 aliphatic heterocycles. The van der Waals surface area contributed by atoms with Gasteiger partial charge in [0.2, 0.25) is 5.91 Å². The van der Waals surface area contributed by atoms with E-state index < -0.39 is 11.5 Å². The molecule has 0 aliphatic carbocycles. The number of rotatable bonds is 3. The summed E-state index contributed by atoms with van der Waals surface area (Å²) in [4.78, 5) is 25.6. The number of aliphatic carboxylic acids is 1. The van der Waals surface area contributed by atoms with Gasteiger partial charge >= 0.3 is 5.97 Å². The van der Waals surface area contributed by atoms with E-state index in [9.17, 15) is 14.7 Å². The number of nitrogens with zero attached hydrogens (tertiary/aromatic N) is 1. The van der Waals surface area contributed by atoms with E-state index in [1.165, 1.54) is 0 Å². The molecule has 19 heavy (non-hydrogen) atoms. The Morgan fingerprint density at radius 1 is 1.32 bits per heavy atom. The molecular weight excluding hydrogens is 262 g/mol. The first kappa shape index (κ1) is 14.7. The summed E-state index contributed by atoms with van der Waals surface area (Å²) in [6.45, 7) is 2.30. The SMILES string of the molecule is CC1(C(=O)O)CCCCN1C(=O)CC1CCSCC1. The Bertz CT molecular complexity index is 355. The third-order valence-corrected chi connectivity index (χ3v) is 5.51. The Kier molecular flexibility index (Phi) is 4.76. The van der Waals surface area contributed by atoms with E-state index >= 15 is 0 Å². The average Bonchev–Trinajstić information content (AvgIpc) is 2.40. The summed E-state index contributed by atoms with van der Waals surface area (Å²) in [6, 6.07) is 0. The van der Waals surface area contributed by atoms with E-state index in [4.69, 9.17) is 0 Å². The predicted octanol–water partition coefficient (Wildman–Crippen LogP) is 2.38. The minimum Gasteiger partial charge on any atom is -0.480 e. The summed E-state index contributed by atoms with van der Waals surface area (Å²) >= 11 is 1.95. The van der Waals surface area contributed by atoms with Gasteiger partial charge in [-0.3, -0.25) is 4.79 Å². The molecule has 2 fully saturated rings. The second-order valence-corrected chi connectivity index (χ2v) is 7.07. The summed E-state index contributed by atoms with van der Waals surface area (Å²) in [7, 11) is 0. The van der Waals surface area contributed by atoms with Crippen molar-refractivity contribution in [1.82, 2.24) is 4.90 Å². The smallest absolute Gasteiger partial charge is 0.329 e. The van der Waals surface area contributed by atoms with Crippen molar-refractivity contribution in [3.05, 3.63) is 0 Å². The number of hydrogen-bond acceptors (Lipinski definition) is 3. The van der Waals surface area contributed by atoms with Crippen LogP contribution in [0.4, 0.5) is 0 Å². The van der Waals surface area contributed by atoms with Gasteiger partial charge in [-0.25, -0.2) is 4.79 Å². The first-order valence-electron chi connectivity index (χ1n) is 7.15. The van der Waals surface area contributed by atoms with Gasteiger partial charge in [-0.2, -0.15) is 11.8 Å². The molecule has 0 aromatic heterocycles. The number of carbonyl (C=O) groups excluding carboxylic acids is 1. The maximum Gasteiger partial charge on any atom is 0.329 e. The van der Waals surface area contributed by atoms with Crippen LogP contribution in [0.25, 0.3) is 0 Å². The zero-order valence-electron chi connectivity index (χ0n) is 11.6. The molecule has 5 heteroatoms. The standard InChI is InChI=1S/C14H23NO3S/c1-14(13(17)18)6-2-3-7-15(14)12(16)10-11-4-8-19-9-5-11/h11H,2-10H2,1H3,(H,17,18). The normalized spacial score (nSPS) is 29.2. The summed E-state index contributed by atoms with van der Waals surface area (Å²) in [5.41, 5.74) is -0.987. The topological polar surface area (TPSA) is 57.6 Å². The second-order valence-electron chi connectivity index (χ2n) is 5.84. The monoisotopic (exact) mass is 285 g/mol. The zero-order valence-corrected chi connectivity index (χ0v) is 12.4. The molecule has 2 heterocycles. The molecule has 0 spiro atoms. The number of hydrogen-bond donors (Lipinski definition) is 1. The minimum absolute atomic E-state index is 0.0431. The van der Waals surface area contributed by atoms with E-state index in [2.05, 4.69) is 0 Å². The van der Waals surface area contributed by atoms with Crippen molar-refractivity contribution < 1.29 is 14.7 Å². The second kappa shape index (κ2) is 6.16. The zero-order chi connectivity index (χ0) is 13.9. The van der Waals surface area contributed by atoms with Gasteiger partial charge in [0, 0.05) is 13.0 Å². The molecule has 108 valence electrons. The fraction of sp³-hybridized carbons (Fsp3) is 0.857. The van der Waals surface area contributed by atoms with E-state index in [0.29, 0.717) is 25.3 Å². The highest BCUT2D eigenvalue weighted by Crippen LogP contribution is 2.31. The first-order valence-corrected chi connectivity index (χ1v) is 8.31. The highest BCUT2D eigenvalue weighted by molar-refractivity contribution is 7.99. The van der Waals surface area contributed by atoms with Crippen molar-refractivity contribution in [1.29, 1.82) is 0 Å². The average molecular weight is 285 g/mol. The third-order valence-electron chi connectivity index (χ3n) is 4.46. The van der Waals surface area contributed by atoms with Crippen LogP contribution >= 0.6 is 11.8 Å². The van der Waals surface area contributed by atoms with E-state index in [1.54, 1.807) is 11.8 Å². The maximum absolute atomic E-state index is 12.4. The lowest BCUT2D eigenvalue weighted by atomic mass is 9.87. The molecule has 1 atom stereocenters.